The van der Waals surface area contributed by atoms with Gasteiger partial charge in [-0.3, -0.25) is 9.59 Å². The number of morpholine rings is 1. The van der Waals surface area contributed by atoms with Crippen LogP contribution >= 0.6 is 0 Å². The summed E-state index contributed by atoms with van der Waals surface area (Å²) in [5.41, 5.74) is 0.612. The molecule has 0 bridgehead atoms. The summed E-state index contributed by atoms with van der Waals surface area (Å²) in [6.07, 6.45) is 4.23. The van der Waals surface area contributed by atoms with Crippen LogP contribution in [-0.2, 0) is 9.53 Å². The van der Waals surface area contributed by atoms with Crippen molar-refractivity contribution in [1.29, 1.82) is 0 Å². The number of oxazole rings is 1. The summed E-state index contributed by atoms with van der Waals surface area (Å²) in [5, 5.41) is 0. The minimum absolute atomic E-state index is 0.0287. The van der Waals surface area contributed by atoms with Gasteiger partial charge in [0.15, 0.2) is 12.1 Å². The summed E-state index contributed by atoms with van der Waals surface area (Å²) in [4.78, 5) is 32.3. The van der Waals surface area contributed by atoms with Crippen molar-refractivity contribution in [3.05, 3.63) is 48.7 Å². The van der Waals surface area contributed by atoms with E-state index in [0.717, 1.165) is 18.5 Å². The molecule has 2 amide bonds. The predicted molar refractivity (Wildman–Crippen MR) is 89.1 cm³/mol. The fourth-order valence-corrected chi connectivity index (χ4v) is 3.56. The molecule has 2 aromatic rings. The van der Waals surface area contributed by atoms with Gasteiger partial charge in [-0.2, -0.15) is 0 Å². The van der Waals surface area contributed by atoms with Crippen molar-refractivity contribution in [3.8, 4) is 0 Å². The molecule has 1 atom stereocenters. The maximum Gasteiger partial charge on any atom is 0.275 e. The lowest BCUT2D eigenvalue weighted by Gasteiger charge is -2.47. The highest BCUT2D eigenvalue weighted by molar-refractivity contribution is 5.95. The molecule has 25 heavy (non-hydrogen) atoms. The van der Waals surface area contributed by atoms with E-state index >= 15 is 0 Å². The Kier molecular flexibility index (Phi) is 4.01. The summed E-state index contributed by atoms with van der Waals surface area (Å²) < 4.78 is 10.8. The topological polar surface area (TPSA) is 75.9 Å². The van der Waals surface area contributed by atoms with Gasteiger partial charge < -0.3 is 19.0 Å². The Morgan fingerprint density at radius 1 is 1.20 bits per heavy atom. The van der Waals surface area contributed by atoms with Crippen molar-refractivity contribution < 1.29 is 18.7 Å². The van der Waals surface area contributed by atoms with Crippen molar-refractivity contribution in [2.45, 2.75) is 18.4 Å². The highest BCUT2D eigenvalue weighted by atomic mass is 16.5. The van der Waals surface area contributed by atoms with Crippen LogP contribution < -0.4 is 4.90 Å². The van der Waals surface area contributed by atoms with Gasteiger partial charge in [-0.25, -0.2) is 4.98 Å². The van der Waals surface area contributed by atoms with Crippen LogP contribution in [0.2, 0.25) is 0 Å². The van der Waals surface area contributed by atoms with Crippen LogP contribution in [0.1, 0.15) is 23.3 Å². The van der Waals surface area contributed by atoms with Gasteiger partial charge in [-0.15, -0.1) is 0 Å². The van der Waals surface area contributed by atoms with Gasteiger partial charge in [0, 0.05) is 12.2 Å². The van der Waals surface area contributed by atoms with Gasteiger partial charge in [0.25, 0.3) is 11.8 Å². The lowest BCUT2D eigenvalue weighted by atomic mass is 9.90. The third-order valence-electron chi connectivity index (χ3n) is 4.80. The molecule has 0 aliphatic carbocycles. The first kappa shape index (κ1) is 15.8. The standard InChI is InChI=1S/C18H19N3O4/c22-16-10-25-18(12-21(16)14-5-2-1-3-6-14)7-4-8-20(11-18)17(23)15-9-24-13-19-15/h1-3,5-6,9,13H,4,7-8,10-12H2. The van der Waals surface area contributed by atoms with Gasteiger partial charge in [-0.1, -0.05) is 18.2 Å². The molecule has 2 saturated heterocycles. The lowest BCUT2D eigenvalue weighted by molar-refractivity contribution is -0.144. The Morgan fingerprint density at radius 2 is 2.04 bits per heavy atom. The number of aromatic nitrogens is 1. The molecule has 3 heterocycles. The highest BCUT2D eigenvalue weighted by Crippen LogP contribution is 2.32. The number of piperidine rings is 1. The van der Waals surface area contributed by atoms with E-state index in [-0.39, 0.29) is 18.4 Å². The summed E-state index contributed by atoms with van der Waals surface area (Å²) in [5.74, 6) is -0.226. The number of carbonyl (C=O) groups is 2. The second-order valence-corrected chi connectivity index (χ2v) is 6.49. The molecule has 2 aliphatic heterocycles. The second kappa shape index (κ2) is 6.33. The van der Waals surface area contributed by atoms with E-state index in [1.54, 1.807) is 9.80 Å². The molecule has 1 aromatic carbocycles. The van der Waals surface area contributed by atoms with Crippen molar-refractivity contribution in [2.24, 2.45) is 0 Å². The zero-order chi connectivity index (χ0) is 17.3. The summed E-state index contributed by atoms with van der Waals surface area (Å²) in [7, 11) is 0. The number of rotatable bonds is 2. The zero-order valence-corrected chi connectivity index (χ0v) is 13.8. The normalized spacial score (nSPS) is 23.9. The summed E-state index contributed by atoms with van der Waals surface area (Å²) >= 11 is 0. The highest BCUT2D eigenvalue weighted by Gasteiger charge is 2.44. The van der Waals surface area contributed by atoms with Crippen LogP contribution in [0.5, 0.6) is 0 Å². The quantitative estimate of drug-likeness (QED) is 0.831. The molecule has 2 fully saturated rings. The Balaban J connectivity index is 1.54. The van der Waals surface area contributed by atoms with E-state index < -0.39 is 5.60 Å². The molecule has 1 aromatic heterocycles. The van der Waals surface area contributed by atoms with Gasteiger partial charge in [0.1, 0.15) is 18.5 Å². The lowest BCUT2D eigenvalue weighted by Crippen LogP contribution is -2.62. The van der Waals surface area contributed by atoms with Crippen LogP contribution in [0.4, 0.5) is 5.69 Å². The third-order valence-corrected chi connectivity index (χ3v) is 4.80. The minimum Gasteiger partial charge on any atom is -0.451 e. The SMILES string of the molecule is O=C(c1cocn1)N1CCCC2(C1)CN(c1ccccc1)C(=O)CO2. The van der Waals surface area contributed by atoms with Crippen LogP contribution in [0, 0.1) is 0 Å². The molecule has 4 rings (SSSR count). The Hall–Kier alpha value is -2.67. The van der Waals surface area contributed by atoms with Crippen LogP contribution in [0.25, 0.3) is 0 Å². The van der Waals surface area contributed by atoms with Gasteiger partial charge in [0.05, 0.1) is 13.1 Å². The number of hydrogen-bond acceptors (Lipinski definition) is 5. The van der Waals surface area contributed by atoms with Gasteiger partial charge in [0.2, 0.25) is 0 Å². The van der Waals surface area contributed by atoms with E-state index in [0.29, 0.717) is 25.3 Å². The molecular weight excluding hydrogens is 322 g/mol. The van der Waals surface area contributed by atoms with Crippen LogP contribution in [0.15, 0.2) is 47.4 Å². The molecule has 2 aliphatic rings. The van der Waals surface area contributed by atoms with E-state index in [4.69, 9.17) is 9.15 Å². The van der Waals surface area contributed by atoms with Gasteiger partial charge >= 0.3 is 0 Å². The molecular formula is C18H19N3O4. The van der Waals surface area contributed by atoms with Crippen LogP contribution in [0.3, 0.4) is 0 Å². The molecule has 0 radical (unpaired) electrons. The second-order valence-electron chi connectivity index (χ2n) is 6.49. The summed E-state index contributed by atoms with van der Waals surface area (Å²) in [6, 6.07) is 9.57. The average molecular weight is 341 g/mol. The zero-order valence-electron chi connectivity index (χ0n) is 13.8. The number of hydrogen-bond donors (Lipinski definition) is 0. The number of benzene rings is 1. The smallest absolute Gasteiger partial charge is 0.275 e. The Morgan fingerprint density at radius 3 is 2.80 bits per heavy atom. The van der Waals surface area contributed by atoms with Gasteiger partial charge in [-0.05, 0) is 25.0 Å². The molecule has 0 N–H and O–H groups in total. The Labute approximate surface area is 145 Å². The molecule has 1 spiro atoms. The molecule has 7 nitrogen and oxygen atoms in total. The fraction of sp³-hybridized carbons (Fsp3) is 0.389. The number of nitrogens with zero attached hydrogens (tertiary/aromatic N) is 3. The average Bonchev–Trinajstić information content (AvgIpc) is 3.19. The molecule has 1 unspecified atom stereocenters. The largest absolute Gasteiger partial charge is 0.451 e. The first-order chi connectivity index (χ1) is 12.2. The van der Waals surface area contributed by atoms with Crippen molar-refractivity contribution in [1.82, 2.24) is 9.88 Å². The monoisotopic (exact) mass is 341 g/mol. The van der Waals surface area contributed by atoms with E-state index in [9.17, 15) is 9.59 Å². The van der Waals surface area contributed by atoms with E-state index in [1.807, 2.05) is 30.3 Å². The first-order valence-corrected chi connectivity index (χ1v) is 8.34. The maximum absolute atomic E-state index is 12.6. The first-order valence-electron chi connectivity index (χ1n) is 8.34. The van der Waals surface area contributed by atoms with Crippen LogP contribution in [-0.4, -0.2) is 53.5 Å². The number of anilines is 1. The van der Waals surface area contributed by atoms with Crippen molar-refractivity contribution in [3.63, 3.8) is 0 Å². The molecule has 130 valence electrons. The number of ether oxygens (including phenoxy) is 1. The predicted octanol–water partition coefficient (Wildman–Crippen LogP) is 1.71. The number of para-hydroxylation sites is 1. The Bertz CT molecular complexity index is 762. The molecule has 7 heteroatoms. The van der Waals surface area contributed by atoms with E-state index in [2.05, 4.69) is 4.98 Å². The van der Waals surface area contributed by atoms with E-state index in [1.165, 1.54) is 12.7 Å². The number of likely N-dealkylation sites (tertiary alicyclic amines) is 1. The third kappa shape index (κ3) is 3.02. The maximum atomic E-state index is 12.6. The fourth-order valence-electron chi connectivity index (χ4n) is 3.56. The minimum atomic E-state index is -0.540. The molecule has 0 saturated carbocycles. The number of carbonyl (C=O) groups excluding carboxylic acids is 2. The van der Waals surface area contributed by atoms with Crippen molar-refractivity contribution in [2.75, 3.05) is 31.1 Å². The number of amides is 2. The van der Waals surface area contributed by atoms with Crippen molar-refractivity contribution >= 4 is 17.5 Å². The summed E-state index contributed by atoms with van der Waals surface area (Å²) in [6.45, 7) is 1.56.